The molecule has 0 aliphatic heterocycles. The molecular weight excluding hydrogens is 250 g/mol. The first kappa shape index (κ1) is 10.7. The van der Waals surface area contributed by atoms with E-state index in [-0.39, 0.29) is 11.1 Å². The van der Waals surface area contributed by atoms with Crippen LogP contribution in [0, 0.1) is 0 Å². The molecule has 0 unspecified atom stereocenters. The van der Waals surface area contributed by atoms with Gasteiger partial charge in [0, 0.05) is 4.47 Å². The number of esters is 1. The molecule has 0 aromatic heterocycles. The van der Waals surface area contributed by atoms with E-state index in [1.165, 1.54) is 13.2 Å². The van der Waals surface area contributed by atoms with Gasteiger partial charge in [-0.25, -0.2) is 4.79 Å². The smallest absolute Gasteiger partial charge is 0.339 e. The molecule has 0 saturated heterocycles. The van der Waals surface area contributed by atoms with Crippen molar-refractivity contribution in [3.63, 3.8) is 0 Å². The van der Waals surface area contributed by atoms with Crippen molar-refractivity contribution in [2.75, 3.05) is 7.11 Å². The number of ether oxygens (including phenoxy) is 1. The summed E-state index contributed by atoms with van der Waals surface area (Å²) in [5.41, 5.74) is 5.41. The van der Waals surface area contributed by atoms with Crippen LogP contribution in [-0.2, 0) is 4.74 Å². The molecule has 1 rings (SSSR count). The second-order valence-electron chi connectivity index (χ2n) is 2.52. The fourth-order valence-electron chi connectivity index (χ4n) is 1.04. The number of halogens is 1. The highest BCUT2D eigenvalue weighted by atomic mass is 79.9. The summed E-state index contributed by atoms with van der Waals surface area (Å²) in [6, 6.07) is 4.73. The lowest BCUT2D eigenvalue weighted by Crippen LogP contribution is -2.17. The fraction of sp³-hybridized carbons (Fsp3) is 0.111. The maximum Gasteiger partial charge on any atom is 0.339 e. The first-order chi connectivity index (χ1) is 6.57. The number of hydrogen-bond acceptors (Lipinski definition) is 3. The zero-order valence-corrected chi connectivity index (χ0v) is 9.00. The summed E-state index contributed by atoms with van der Waals surface area (Å²) in [5, 5.41) is 0. The van der Waals surface area contributed by atoms with Crippen LogP contribution in [-0.4, -0.2) is 19.0 Å². The average Bonchev–Trinajstić information content (AvgIpc) is 2.16. The minimum atomic E-state index is -0.660. The van der Waals surface area contributed by atoms with Gasteiger partial charge in [-0.05, 0) is 28.1 Å². The van der Waals surface area contributed by atoms with E-state index in [1.54, 1.807) is 12.1 Å². The molecule has 0 radical (unpaired) electrons. The molecule has 0 atom stereocenters. The predicted molar refractivity (Wildman–Crippen MR) is 54.0 cm³/mol. The normalized spacial score (nSPS) is 9.57. The summed E-state index contributed by atoms with van der Waals surface area (Å²) < 4.78 is 5.02. The second-order valence-corrected chi connectivity index (χ2v) is 3.37. The zero-order chi connectivity index (χ0) is 10.7. The second kappa shape index (κ2) is 4.23. The molecule has 0 aliphatic carbocycles. The van der Waals surface area contributed by atoms with Crippen molar-refractivity contribution in [3.8, 4) is 0 Å². The molecule has 1 aromatic carbocycles. The molecule has 74 valence electrons. The number of methoxy groups -OCH3 is 1. The third-order valence-electron chi connectivity index (χ3n) is 1.67. The van der Waals surface area contributed by atoms with Gasteiger partial charge >= 0.3 is 5.97 Å². The first-order valence-corrected chi connectivity index (χ1v) is 4.54. The van der Waals surface area contributed by atoms with Crippen molar-refractivity contribution < 1.29 is 14.3 Å². The van der Waals surface area contributed by atoms with Crippen LogP contribution in [0.3, 0.4) is 0 Å². The van der Waals surface area contributed by atoms with Crippen LogP contribution in [0.25, 0.3) is 0 Å². The largest absolute Gasteiger partial charge is 0.465 e. The standard InChI is InChI=1S/C9H8BrNO3/c1-14-9(13)7-5(8(11)12)3-2-4-6(7)10/h2-4H,1H3,(H2,11,12). The van der Waals surface area contributed by atoms with Crippen LogP contribution < -0.4 is 5.73 Å². The lowest BCUT2D eigenvalue weighted by atomic mass is 10.1. The van der Waals surface area contributed by atoms with Gasteiger partial charge in [-0.15, -0.1) is 0 Å². The van der Waals surface area contributed by atoms with Gasteiger partial charge in [0.05, 0.1) is 18.2 Å². The van der Waals surface area contributed by atoms with Gasteiger partial charge in [0.15, 0.2) is 0 Å². The number of carbonyl (C=O) groups is 2. The van der Waals surface area contributed by atoms with Gasteiger partial charge in [0.1, 0.15) is 0 Å². The summed E-state index contributed by atoms with van der Waals surface area (Å²) in [4.78, 5) is 22.3. The van der Waals surface area contributed by atoms with E-state index in [0.29, 0.717) is 4.47 Å². The van der Waals surface area contributed by atoms with E-state index in [2.05, 4.69) is 20.7 Å². The van der Waals surface area contributed by atoms with E-state index in [0.717, 1.165) is 0 Å². The van der Waals surface area contributed by atoms with E-state index < -0.39 is 11.9 Å². The number of hydrogen-bond donors (Lipinski definition) is 1. The zero-order valence-electron chi connectivity index (χ0n) is 7.41. The maximum atomic E-state index is 11.3. The number of primary amides is 1. The number of carbonyl (C=O) groups excluding carboxylic acids is 2. The van der Waals surface area contributed by atoms with Gasteiger partial charge in [0.2, 0.25) is 5.91 Å². The molecule has 14 heavy (non-hydrogen) atoms. The summed E-state index contributed by atoms with van der Waals surface area (Å²) in [6.07, 6.45) is 0. The molecule has 5 heteroatoms. The van der Waals surface area contributed by atoms with Gasteiger partial charge in [-0.2, -0.15) is 0 Å². The van der Waals surface area contributed by atoms with Crippen LogP contribution in [0.4, 0.5) is 0 Å². The Morgan fingerprint density at radius 3 is 2.57 bits per heavy atom. The third-order valence-corrected chi connectivity index (χ3v) is 2.33. The molecule has 1 amide bonds. The summed E-state index contributed by atoms with van der Waals surface area (Å²) >= 11 is 3.15. The fourth-order valence-corrected chi connectivity index (χ4v) is 1.57. The Kier molecular flexibility index (Phi) is 3.24. The highest BCUT2D eigenvalue weighted by molar-refractivity contribution is 9.10. The highest BCUT2D eigenvalue weighted by Gasteiger charge is 2.18. The van der Waals surface area contributed by atoms with Gasteiger partial charge in [-0.3, -0.25) is 4.79 Å². The van der Waals surface area contributed by atoms with Crippen LogP contribution in [0.2, 0.25) is 0 Å². The Hall–Kier alpha value is -1.36. The molecule has 0 spiro atoms. The van der Waals surface area contributed by atoms with Crippen LogP contribution >= 0.6 is 15.9 Å². The lowest BCUT2D eigenvalue weighted by Gasteiger charge is -2.06. The molecular formula is C9H8BrNO3. The Balaban J connectivity index is 3.36. The van der Waals surface area contributed by atoms with Crippen molar-refractivity contribution in [1.29, 1.82) is 0 Å². The Bertz CT molecular complexity index is 390. The maximum absolute atomic E-state index is 11.3. The molecule has 0 bridgehead atoms. The monoisotopic (exact) mass is 257 g/mol. The molecule has 0 saturated carbocycles. The first-order valence-electron chi connectivity index (χ1n) is 3.74. The molecule has 1 aromatic rings. The van der Waals surface area contributed by atoms with Gasteiger partial charge in [0.25, 0.3) is 0 Å². The number of rotatable bonds is 2. The third kappa shape index (κ3) is 1.93. The molecule has 0 aliphatic rings. The van der Waals surface area contributed by atoms with Crippen molar-refractivity contribution >= 4 is 27.8 Å². The van der Waals surface area contributed by atoms with E-state index in [1.807, 2.05) is 0 Å². The van der Waals surface area contributed by atoms with Crippen LogP contribution in [0.5, 0.6) is 0 Å². The quantitative estimate of drug-likeness (QED) is 0.813. The number of benzene rings is 1. The average molecular weight is 258 g/mol. The van der Waals surface area contributed by atoms with E-state index in [4.69, 9.17) is 5.73 Å². The van der Waals surface area contributed by atoms with Crippen molar-refractivity contribution in [3.05, 3.63) is 33.8 Å². The van der Waals surface area contributed by atoms with Gasteiger partial charge < -0.3 is 10.5 Å². The molecule has 0 fully saturated rings. The highest BCUT2D eigenvalue weighted by Crippen LogP contribution is 2.21. The summed E-state index contributed by atoms with van der Waals surface area (Å²) in [5.74, 6) is -1.25. The molecule has 0 heterocycles. The van der Waals surface area contributed by atoms with Crippen LogP contribution in [0.1, 0.15) is 20.7 Å². The number of amides is 1. The minimum Gasteiger partial charge on any atom is -0.465 e. The Labute approximate surface area is 89.2 Å². The lowest BCUT2D eigenvalue weighted by molar-refractivity contribution is 0.0596. The topological polar surface area (TPSA) is 69.4 Å². The number of nitrogens with two attached hydrogens (primary N) is 1. The van der Waals surface area contributed by atoms with Crippen LogP contribution in [0.15, 0.2) is 22.7 Å². The van der Waals surface area contributed by atoms with E-state index >= 15 is 0 Å². The van der Waals surface area contributed by atoms with Crippen molar-refractivity contribution in [2.45, 2.75) is 0 Å². The molecule has 2 N–H and O–H groups in total. The summed E-state index contributed by atoms with van der Waals surface area (Å²) in [7, 11) is 1.24. The Morgan fingerprint density at radius 2 is 2.07 bits per heavy atom. The summed E-state index contributed by atoms with van der Waals surface area (Å²) in [6.45, 7) is 0. The minimum absolute atomic E-state index is 0.145. The predicted octanol–water partition coefficient (Wildman–Crippen LogP) is 1.33. The van der Waals surface area contributed by atoms with Gasteiger partial charge in [-0.1, -0.05) is 6.07 Å². The Morgan fingerprint density at radius 1 is 1.43 bits per heavy atom. The molecule has 4 nitrogen and oxygen atoms in total. The SMILES string of the molecule is COC(=O)c1c(Br)cccc1C(N)=O. The van der Waals surface area contributed by atoms with Crippen molar-refractivity contribution in [2.24, 2.45) is 5.73 Å². The van der Waals surface area contributed by atoms with E-state index in [9.17, 15) is 9.59 Å². The van der Waals surface area contributed by atoms with Crippen molar-refractivity contribution in [1.82, 2.24) is 0 Å².